The normalized spacial score (nSPS) is 11.9. The van der Waals surface area contributed by atoms with E-state index in [9.17, 15) is 9.59 Å². The fraction of sp³-hybridized carbons (Fsp3) is 0.385. The first-order valence-electron chi connectivity index (χ1n) is 5.69. The Morgan fingerprint density at radius 2 is 2.11 bits per heavy atom. The molecule has 2 N–H and O–H groups in total. The average Bonchev–Trinajstić information content (AvgIpc) is 2.28. The Kier molecular flexibility index (Phi) is 5.34. The molecule has 1 unspecified atom stereocenters. The number of aliphatic carboxylic acids is 1. The molecule has 0 aliphatic carbocycles. The van der Waals surface area contributed by atoms with E-state index in [1.165, 1.54) is 0 Å². The first-order chi connectivity index (χ1) is 8.41. The molecule has 98 valence electrons. The molecule has 18 heavy (non-hydrogen) atoms. The number of rotatable bonds is 5. The van der Waals surface area contributed by atoms with E-state index in [1.54, 1.807) is 13.0 Å². The zero-order valence-electron chi connectivity index (χ0n) is 10.4. The Morgan fingerprint density at radius 3 is 2.67 bits per heavy atom. The lowest BCUT2D eigenvalue weighted by molar-refractivity contribution is -0.141. The molecule has 5 heteroatoms. The maximum atomic E-state index is 11.8. The molecule has 0 fully saturated rings. The number of benzene rings is 1. The van der Waals surface area contributed by atoms with Crippen molar-refractivity contribution in [1.29, 1.82) is 0 Å². The Bertz CT molecular complexity index is 460. The minimum atomic E-state index is -0.847. The number of aryl methyl sites for hydroxylation is 1. The monoisotopic (exact) mass is 313 g/mol. The summed E-state index contributed by atoms with van der Waals surface area (Å²) in [4.78, 5) is 22.5. The number of carboxylic acids is 1. The van der Waals surface area contributed by atoms with Crippen molar-refractivity contribution in [1.82, 2.24) is 5.32 Å². The third-order valence-corrected chi connectivity index (χ3v) is 3.31. The van der Waals surface area contributed by atoms with E-state index < -0.39 is 11.9 Å². The molecule has 1 rings (SSSR count). The van der Waals surface area contributed by atoms with Gasteiger partial charge in [-0.3, -0.25) is 9.59 Å². The highest BCUT2D eigenvalue weighted by atomic mass is 79.9. The van der Waals surface area contributed by atoms with Crippen molar-refractivity contribution in [2.24, 2.45) is 5.92 Å². The summed E-state index contributed by atoms with van der Waals surface area (Å²) in [6, 6.07) is 5.48. The van der Waals surface area contributed by atoms with Crippen LogP contribution in [0.2, 0.25) is 0 Å². The molecule has 0 saturated carbocycles. The van der Waals surface area contributed by atoms with Gasteiger partial charge in [-0.2, -0.15) is 0 Å². The van der Waals surface area contributed by atoms with E-state index in [0.717, 1.165) is 10.0 Å². The highest BCUT2D eigenvalue weighted by Crippen LogP contribution is 2.18. The fourth-order valence-electron chi connectivity index (χ4n) is 1.43. The molecule has 4 nitrogen and oxygen atoms in total. The molecule has 0 heterocycles. The van der Waals surface area contributed by atoms with Gasteiger partial charge in [0.25, 0.3) is 5.91 Å². The van der Waals surface area contributed by atoms with Crippen molar-refractivity contribution in [3.8, 4) is 0 Å². The first-order valence-corrected chi connectivity index (χ1v) is 6.48. The minimum absolute atomic E-state index is 0.195. The molecule has 1 aromatic rings. The van der Waals surface area contributed by atoms with Crippen molar-refractivity contribution in [2.45, 2.75) is 20.3 Å². The van der Waals surface area contributed by atoms with E-state index in [4.69, 9.17) is 5.11 Å². The molecule has 1 aromatic carbocycles. The van der Waals surface area contributed by atoms with Gasteiger partial charge in [-0.1, -0.05) is 13.0 Å². The van der Waals surface area contributed by atoms with Crippen LogP contribution in [0.1, 0.15) is 29.3 Å². The lowest BCUT2D eigenvalue weighted by Gasteiger charge is -2.09. The van der Waals surface area contributed by atoms with Crippen LogP contribution in [0.15, 0.2) is 22.7 Å². The van der Waals surface area contributed by atoms with E-state index >= 15 is 0 Å². The number of amides is 1. The zero-order chi connectivity index (χ0) is 13.7. The topological polar surface area (TPSA) is 66.4 Å². The number of halogens is 1. The maximum Gasteiger partial charge on any atom is 0.306 e. The molecular weight excluding hydrogens is 298 g/mol. The van der Waals surface area contributed by atoms with E-state index in [0.29, 0.717) is 18.5 Å². The fourth-order valence-corrected chi connectivity index (χ4v) is 2.10. The molecule has 0 aliphatic rings. The summed E-state index contributed by atoms with van der Waals surface area (Å²) < 4.78 is 0.742. The van der Waals surface area contributed by atoms with Crippen molar-refractivity contribution >= 4 is 27.8 Å². The van der Waals surface area contributed by atoms with Crippen LogP contribution in [-0.2, 0) is 4.79 Å². The summed E-state index contributed by atoms with van der Waals surface area (Å²) in [5.41, 5.74) is 1.63. The van der Waals surface area contributed by atoms with Gasteiger partial charge in [-0.25, -0.2) is 0 Å². The van der Waals surface area contributed by atoms with Crippen LogP contribution >= 0.6 is 15.9 Å². The molecular formula is C13H16BrNO3. The van der Waals surface area contributed by atoms with E-state index in [2.05, 4.69) is 21.2 Å². The molecule has 1 atom stereocenters. The van der Waals surface area contributed by atoms with Crippen molar-refractivity contribution in [3.63, 3.8) is 0 Å². The summed E-state index contributed by atoms with van der Waals surface area (Å²) in [7, 11) is 0. The van der Waals surface area contributed by atoms with Gasteiger partial charge in [-0.05, 0) is 47.0 Å². The van der Waals surface area contributed by atoms with Crippen molar-refractivity contribution in [3.05, 3.63) is 33.8 Å². The highest BCUT2D eigenvalue weighted by Gasteiger charge is 2.13. The number of carboxylic acid groups (broad SMARTS) is 1. The number of hydrogen-bond donors (Lipinski definition) is 2. The van der Waals surface area contributed by atoms with Gasteiger partial charge < -0.3 is 10.4 Å². The number of hydrogen-bond acceptors (Lipinski definition) is 2. The quantitative estimate of drug-likeness (QED) is 0.878. The standard InChI is InChI=1S/C13H16BrNO3/c1-8-3-4-10(11(14)7-8)12(16)15-6-5-9(2)13(17)18/h3-4,7,9H,5-6H2,1-2H3,(H,15,16)(H,17,18). The zero-order valence-corrected chi connectivity index (χ0v) is 12.0. The highest BCUT2D eigenvalue weighted by molar-refractivity contribution is 9.10. The Morgan fingerprint density at radius 1 is 1.44 bits per heavy atom. The first kappa shape index (κ1) is 14.7. The number of nitrogens with one attached hydrogen (secondary N) is 1. The van der Waals surface area contributed by atoms with E-state index in [1.807, 2.05) is 19.1 Å². The van der Waals surface area contributed by atoms with Crippen LogP contribution in [0.5, 0.6) is 0 Å². The molecule has 1 amide bonds. The summed E-state index contributed by atoms with van der Waals surface area (Å²) in [5.74, 6) is -1.49. The lowest BCUT2D eigenvalue weighted by Crippen LogP contribution is -2.27. The summed E-state index contributed by atoms with van der Waals surface area (Å²) >= 11 is 3.34. The third kappa shape index (κ3) is 4.14. The second kappa shape index (κ2) is 6.54. The van der Waals surface area contributed by atoms with Crippen LogP contribution in [0, 0.1) is 12.8 Å². The second-order valence-corrected chi connectivity index (χ2v) is 5.12. The lowest BCUT2D eigenvalue weighted by atomic mass is 10.1. The Hall–Kier alpha value is -1.36. The largest absolute Gasteiger partial charge is 0.481 e. The van der Waals surface area contributed by atoms with Crippen LogP contribution in [0.25, 0.3) is 0 Å². The van der Waals surface area contributed by atoms with Crippen molar-refractivity contribution < 1.29 is 14.7 Å². The molecule has 0 spiro atoms. The van der Waals surface area contributed by atoms with Crippen LogP contribution < -0.4 is 5.32 Å². The number of carbonyl (C=O) groups excluding carboxylic acids is 1. The smallest absolute Gasteiger partial charge is 0.306 e. The van der Waals surface area contributed by atoms with Crippen LogP contribution in [0.3, 0.4) is 0 Å². The van der Waals surface area contributed by atoms with Gasteiger partial charge in [-0.15, -0.1) is 0 Å². The molecule has 0 aliphatic heterocycles. The van der Waals surface area contributed by atoms with Gasteiger partial charge in [0.05, 0.1) is 11.5 Å². The Balaban J connectivity index is 2.53. The van der Waals surface area contributed by atoms with Crippen LogP contribution in [-0.4, -0.2) is 23.5 Å². The van der Waals surface area contributed by atoms with Gasteiger partial charge >= 0.3 is 5.97 Å². The third-order valence-electron chi connectivity index (χ3n) is 2.65. The molecule has 0 radical (unpaired) electrons. The Labute approximate surface area is 115 Å². The van der Waals surface area contributed by atoms with Gasteiger partial charge in [0.2, 0.25) is 0 Å². The van der Waals surface area contributed by atoms with Crippen LogP contribution in [0.4, 0.5) is 0 Å². The molecule has 0 aromatic heterocycles. The summed E-state index contributed by atoms with van der Waals surface area (Å²) in [5, 5.41) is 11.4. The van der Waals surface area contributed by atoms with Crippen molar-refractivity contribution in [2.75, 3.05) is 6.54 Å². The maximum absolute atomic E-state index is 11.8. The minimum Gasteiger partial charge on any atom is -0.481 e. The summed E-state index contributed by atoms with van der Waals surface area (Å²) in [6.45, 7) is 3.92. The molecule has 0 bridgehead atoms. The second-order valence-electron chi connectivity index (χ2n) is 4.27. The predicted molar refractivity (Wildman–Crippen MR) is 72.6 cm³/mol. The number of carbonyl (C=O) groups is 2. The van der Waals surface area contributed by atoms with E-state index in [-0.39, 0.29) is 5.91 Å². The summed E-state index contributed by atoms with van der Waals surface area (Å²) in [6.07, 6.45) is 0.421. The SMILES string of the molecule is Cc1ccc(C(=O)NCCC(C)C(=O)O)c(Br)c1. The van der Waals surface area contributed by atoms with Gasteiger partial charge in [0, 0.05) is 11.0 Å². The van der Waals surface area contributed by atoms with Gasteiger partial charge in [0.1, 0.15) is 0 Å². The van der Waals surface area contributed by atoms with Gasteiger partial charge in [0.15, 0.2) is 0 Å². The molecule has 0 saturated heterocycles. The predicted octanol–water partition coefficient (Wildman–Crippen LogP) is 2.60. The average molecular weight is 314 g/mol.